The van der Waals surface area contributed by atoms with E-state index in [1.807, 2.05) is 0 Å². The summed E-state index contributed by atoms with van der Waals surface area (Å²) in [6.45, 7) is 0. The molecule has 146 valence electrons. The molecule has 2 heterocycles. The molecule has 2 aromatic heterocycles. The first-order valence-corrected chi connectivity index (χ1v) is 10.3. The van der Waals surface area contributed by atoms with Crippen LogP contribution in [0.15, 0.2) is 46.9 Å². The second-order valence-corrected chi connectivity index (χ2v) is 9.02. The van der Waals surface area contributed by atoms with E-state index in [2.05, 4.69) is 0 Å². The average Bonchev–Trinajstić information content (AvgIpc) is 3.27. The molecule has 3 rings (SSSR count). The van der Waals surface area contributed by atoms with E-state index in [9.17, 15) is 17.6 Å². The first-order valence-electron chi connectivity index (χ1n) is 8.07. The Bertz CT molecular complexity index is 1210. The maximum Gasteiger partial charge on any atom is 0.303 e. The highest BCUT2D eigenvalue weighted by molar-refractivity contribution is 7.92. The quantitative estimate of drug-likeness (QED) is 0.506. The van der Waals surface area contributed by atoms with E-state index < -0.39 is 21.8 Å². The summed E-state index contributed by atoms with van der Waals surface area (Å²) in [4.78, 5) is 11.4. The highest BCUT2D eigenvalue weighted by Gasteiger charge is 2.24. The van der Waals surface area contributed by atoms with Gasteiger partial charge < -0.3 is 16.2 Å². The fourth-order valence-corrected chi connectivity index (χ4v) is 5.57. The number of rotatable bonds is 7. The number of carboxylic acid groups (broad SMARTS) is 1. The van der Waals surface area contributed by atoms with Crippen LogP contribution in [0.5, 0.6) is 0 Å². The molecule has 4 N–H and O–H groups in total. The Morgan fingerprint density at radius 1 is 1.32 bits per heavy atom. The van der Waals surface area contributed by atoms with Crippen molar-refractivity contribution in [2.75, 3.05) is 0 Å². The Kier molecular flexibility index (Phi) is 5.34. The lowest BCUT2D eigenvalue weighted by Gasteiger charge is -2.05. The molecule has 0 radical (unpaired) electrons. The van der Waals surface area contributed by atoms with Crippen molar-refractivity contribution in [3.05, 3.63) is 59.0 Å². The van der Waals surface area contributed by atoms with E-state index in [0.29, 0.717) is 21.4 Å². The molecule has 0 atom stereocenters. The maximum atomic E-state index is 13.7. The number of nitrogens with zero attached hydrogens (tertiary/aromatic N) is 1. The number of aromatic nitrogens is 1. The molecule has 1 aromatic carbocycles. The van der Waals surface area contributed by atoms with Crippen molar-refractivity contribution < 1.29 is 22.7 Å². The summed E-state index contributed by atoms with van der Waals surface area (Å²) in [5, 5.41) is 16.6. The highest BCUT2D eigenvalue weighted by Crippen LogP contribution is 2.32. The molecule has 0 amide bonds. The molecular formula is C18H16FN3O4S2. The SMILES string of the molecule is N=CC(=CN)c1ccc(S(=O)(=O)n2cc(CCC(=O)O)c3cc(F)ccc32)s1. The van der Waals surface area contributed by atoms with Gasteiger partial charge in [0, 0.05) is 40.9 Å². The van der Waals surface area contributed by atoms with Crippen molar-refractivity contribution in [2.45, 2.75) is 17.1 Å². The van der Waals surface area contributed by atoms with Crippen molar-refractivity contribution in [3.8, 4) is 0 Å². The zero-order valence-electron chi connectivity index (χ0n) is 14.4. The summed E-state index contributed by atoms with van der Waals surface area (Å²) in [5.41, 5.74) is 6.52. The summed E-state index contributed by atoms with van der Waals surface area (Å²) in [5.74, 6) is -1.57. The van der Waals surface area contributed by atoms with Crippen LogP contribution in [0.4, 0.5) is 4.39 Å². The Labute approximate surface area is 164 Å². The number of aliphatic carboxylic acids is 1. The van der Waals surface area contributed by atoms with Crippen LogP contribution >= 0.6 is 11.3 Å². The van der Waals surface area contributed by atoms with Crippen LogP contribution in [0.2, 0.25) is 0 Å². The summed E-state index contributed by atoms with van der Waals surface area (Å²) in [6.07, 6.45) is 3.44. The Balaban J connectivity index is 2.14. The maximum absolute atomic E-state index is 13.7. The fourth-order valence-electron chi connectivity index (χ4n) is 2.79. The number of benzene rings is 1. The predicted molar refractivity (Wildman–Crippen MR) is 106 cm³/mol. The molecule has 0 fully saturated rings. The van der Waals surface area contributed by atoms with Gasteiger partial charge in [-0.25, -0.2) is 8.36 Å². The molecule has 10 heteroatoms. The molecule has 7 nitrogen and oxygen atoms in total. The smallest absolute Gasteiger partial charge is 0.303 e. The first kappa shape index (κ1) is 19.8. The van der Waals surface area contributed by atoms with Gasteiger partial charge >= 0.3 is 5.97 Å². The number of thiophene rings is 1. The second-order valence-electron chi connectivity index (χ2n) is 5.90. The van der Waals surface area contributed by atoms with Crippen LogP contribution in [0.25, 0.3) is 16.5 Å². The predicted octanol–water partition coefficient (Wildman–Crippen LogP) is 3.05. The van der Waals surface area contributed by atoms with E-state index >= 15 is 0 Å². The fraction of sp³-hybridized carbons (Fsp3) is 0.111. The van der Waals surface area contributed by atoms with Gasteiger partial charge in [0.1, 0.15) is 10.0 Å². The van der Waals surface area contributed by atoms with Crippen LogP contribution in [-0.2, 0) is 21.2 Å². The standard InChI is InChI=1S/C18H16FN3O4S2/c19-13-2-3-15-14(7-13)11(1-5-17(23)24)10-22(15)28(25,26)18-6-4-16(27-18)12(8-20)9-21/h2-4,6-10,20H,1,5,21H2,(H,23,24). The topological polar surface area (TPSA) is 126 Å². The summed E-state index contributed by atoms with van der Waals surface area (Å²) in [7, 11) is -4.00. The van der Waals surface area contributed by atoms with Gasteiger partial charge in [0.2, 0.25) is 0 Å². The summed E-state index contributed by atoms with van der Waals surface area (Å²) in [6, 6.07) is 6.67. The zero-order valence-corrected chi connectivity index (χ0v) is 16.1. The number of nitrogens with one attached hydrogen (secondary N) is 1. The van der Waals surface area contributed by atoms with Crippen molar-refractivity contribution >= 4 is 50.0 Å². The van der Waals surface area contributed by atoms with Crippen molar-refractivity contribution in [2.24, 2.45) is 5.73 Å². The molecule has 0 aliphatic carbocycles. The number of hydrogen-bond acceptors (Lipinski definition) is 6. The van der Waals surface area contributed by atoms with E-state index in [-0.39, 0.29) is 22.6 Å². The van der Waals surface area contributed by atoms with Gasteiger partial charge in [0.25, 0.3) is 10.0 Å². The minimum absolute atomic E-state index is 0.0229. The third-order valence-corrected chi connectivity index (χ3v) is 7.41. The molecule has 0 saturated heterocycles. The molecule has 0 bridgehead atoms. The molecule has 0 unspecified atom stereocenters. The molecule has 0 aliphatic rings. The number of fused-ring (bicyclic) bond motifs is 1. The number of allylic oxidation sites excluding steroid dienone is 1. The third-order valence-electron chi connectivity index (χ3n) is 4.14. The summed E-state index contributed by atoms with van der Waals surface area (Å²) < 4.78 is 41.1. The Morgan fingerprint density at radius 2 is 2.07 bits per heavy atom. The van der Waals surface area contributed by atoms with Crippen LogP contribution in [-0.4, -0.2) is 29.7 Å². The van der Waals surface area contributed by atoms with Gasteiger partial charge in [0.05, 0.1) is 5.52 Å². The van der Waals surface area contributed by atoms with E-state index in [0.717, 1.165) is 27.6 Å². The number of aryl methyl sites for hydroxylation is 1. The first-order chi connectivity index (χ1) is 13.3. The number of nitrogens with two attached hydrogens (primary N) is 1. The number of carboxylic acids is 1. The van der Waals surface area contributed by atoms with Gasteiger partial charge in [-0.1, -0.05) is 0 Å². The van der Waals surface area contributed by atoms with Gasteiger partial charge in [-0.15, -0.1) is 11.3 Å². The lowest BCUT2D eigenvalue weighted by Crippen LogP contribution is -2.10. The lowest BCUT2D eigenvalue weighted by molar-refractivity contribution is -0.136. The van der Waals surface area contributed by atoms with E-state index in [4.69, 9.17) is 16.2 Å². The number of hydrogen-bond donors (Lipinski definition) is 3. The van der Waals surface area contributed by atoms with Crippen LogP contribution in [0, 0.1) is 11.2 Å². The third kappa shape index (κ3) is 3.56. The Morgan fingerprint density at radius 3 is 2.71 bits per heavy atom. The Hall–Kier alpha value is -2.98. The second kappa shape index (κ2) is 7.56. The molecule has 3 aromatic rings. The van der Waals surface area contributed by atoms with E-state index in [1.54, 1.807) is 6.07 Å². The molecule has 0 spiro atoms. The van der Waals surface area contributed by atoms with E-state index in [1.165, 1.54) is 30.6 Å². The minimum atomic E-state index is -4.00. The van der Waals surface area contributed by atoms with Crippen LogP contribution in [0.1, 0.15) is 16.9 Å². The lowest BCUT2D eigenvalue weighted by atomic mass is 10.1. The van der Waals surface area contributed by atoms with Gasteiger partial charge in [-0.05, 0) is 42.3 Å². The monoisotopic (exact) mass is 421 g/mol. The molecule has 0 aliphatic heterocycles. The normalized spacial score (nSPS) is 12.4. The van der Waals surface area contributed by atoms with Gasteiger partial charge in [0.15, 0.2) is 0 Å². The highest BCUT2D eigenvalue weighted by atomic mass is 32.2. The van der Waals surface area contributed by atoms with Crippen LogP contribution in [0.3, 0.4) is 0 Å². The molecular weight excluding hydrogens is 405 g/mol. The van der Waals surface area contributed by atoms with Crippen molar-refractivity contribution in [1.82, 2.24) is 3.97 Å². The molecule has 0 saturated carbocycles. The largest absolute Gasteiger partial charge is 0.481 e. The number of halogens is 1. The molecule has 28 heavy (non-hydrogen) atoms. The minimum Gasteiger partial charge on any atom is -0.481 e. The average molecular weight is 421 g/mol. The van der Waals surface area contributed by atoms with Crippen molar-refractivity contribution in [1.29, 1.82) is 5.41 Å². The van der Waals surface area contributed by atoms with Crippen molar-refractivity contribution in [3.63, 3.8) is 0 Å². The van der Waals surface area contributed by atoms with Crippen LogP contribution < -0.4 is 5.73 Å². The summed E-state index contributed by atoms with van der Waals surface area (Å²) >= 11 is 0.955. The van der Waals surface area contributed by atoms with Gasteiger partial charge in [-0.3, -0.25) is 4.79 Å². The number of carbonyl (C=O) groups is 1. The van der Waals surface area contributed by atoms with Gasteiger partial charge in [-0.2, -0.15) is 8.42 Å². The zero-order chi connectivity index (χ0) is 20.5.